The second-order valence-corrected chi connectivity index (χ2v) is 3.96. The Morgan fingerprint density at radius 1 is 1.33 bits per heavy atom. The van der Waals surface area contributed by atoms with Gasteiger partial charge in [-0.15, -0.1) is 11.6 Å². The van der Waals surface area contributed by atoms with Crippen LogP contribution in [0.15, 0.2) is 24.3 Å². The second-order valence-electron chi connectivity index (χ2n) is 3.66. The number of alkyl halides is 1. The molecule has 0 radical (unpaired) electrons. The van der Waals surface area contributed by atoms with Crippen LogP contribution in [0.1, 0.15) is 11.7 Å². The minimum Gasteiger partial charge on any atom is -0.389 e. The van der Waals surface area contributed by atoms with E-state index in [1.165, 1.54) is 0 Å². The van der Waals surface area contributed by atoms with Crippen LogP contribution < -0.4 is 4.90 Å². The molecule has 0 aliphatic carbocycles. The van der Waals surface area contributed by atoms with Gasteiger partial charge in [0.15, 0.2) is 0 Å². The van der Waals surface area contributed by atoms with E-state index in [9.17, 15) is 10.2 Å². The third-order valence-corrected chi connectivity index (χ3v) is 2.57. The Bertz CT molecular complexity index is 317. The first-order chi connectivity index (χ1) is 7.06. The molecule has 0 aliphatic heterocycles. The highest BCUT2D eigenvalue weighted by molar-refractivity contribution is 6.18. The van der Waals surface area contributed by atoms with Crippen molar-refractivity contribution in [2.24, 2.45) is 0 Å². The summed E-state index contributed by atoms with van der Waals surface area (Å²) in [6.45, 7) is 0. The van der Waals surface area contributed by atoms with Gasteiger partial charge < -0.3 is 15.1 Å². The predicted octanol–water partition coefficient (Wildman–Crippen LogP) is 1.39. The minimum absolute atomic E-state index is 0.0212. The van der Waals surface area contributed by atoms with Crippen molar-refractivity contribution in [2.75, 3.05) is 24.9 Å². The zero-order chi connectivity index (χ0) is 11.4. The number of nitrogens with zero attached hydrogens (tertiary/aromatic N) is 1. The summed E-state index contributed by atoms with van der Waals surface area (Å²) in [7, 11) is 3.84. The Balaban J connectivity index is 2.90. The average molecular weight is 230 g/mol. The minimum atomic E-state index is -0.928. The molecule has 2 unspecified atom stereocenters. The van der Waals surface area contributed by atoms with Crippen LogP contribution >= 0.6 is 11.6 Å². The van der Waals surface area contributed by atoms with Gasteiger partial charge in [-0.2, -0.15) is 0 Å². The molecule has 0 saturated carbocycles. The summed E-state index contributed by atoms with van der Waals surface area (Å²) in [6.07, 6.45) is -1.86. The number of hydrogen-bond donors (Lipinski definition) is 2. The maximum atomic E-state index is 9.74. The molecule has 2 atom stereocenters. The molecule has 0 spiro atoms. The molecule has 0 bridgehead atoms. The SMILES string of the molecule is CN(C)c1cccc(C(O)C(O)CCl)c1. The van der Waals surface area contributed by atoms with Gasteiger partial charge >= 0.3 is 0 Å². The number of rotatable bonds is 4. The van der Waals surface area contributed by atoms with E-state index >= 15 is 0 Å². The van der Waals surface area contributed by atoms with E-state index in [1.54, 1.807) is 6.07 Å². The smallest absolute Gasteiger partial charge is 0.106 e. The summed E-state index contributed by atoms with van der Waals surface area (Å²) < 4.78 is 0. The highest BCUT2D eigenvalue weighted by atomic mass is 35.5. The van der Waals surface area contributed by atoms with Crippen molar-refractivity contribution in [3.8, 4) is 0 Å². The molecule has 2 N–H and O–H groups in total. The predicted molar refractivity (Wildman–Crippen MR) is 62.5 cm³/mol. The van der Waals surface area contributed by atoms with Crippen LogP contribution in [0.3, 0.4) is 0 Å². The van der Waals surface area contributed by atoms with E-state index in [0.717, 1.165) is 5.69 Å². The van der Waals surface area contributed by atoms with Crippen molar-refractivity contribution >= 4 is 17.3 Å². The van der Waals surface area contributed by atoms with Crippen molar-refractivity contribution < 1.29 is 10.2 Å². The molecule has 0 amide bonds. The van der Waals surface area contributed by atoms with Gasteiger partial charge in [-0.1, -0.05) is 12.1 Å². The molecule has 84 valence electrons. The Morgan fingerprint density at radius 2 is 2.00 bits per heavy atom. The van der Waals surface area contributed by atoms with Gasteiger partial charge in [-0.3, -0.25) is 0 Å². The third-order valence-electron chi connectivity index (χ3n) is 2.25. The molecular formula is C11H16ClNO2. The van der Waals surface area contributed by atoms with E-state index in [-0.39, 0.29) is 5.88 Å². The lowest BCUT2D eigenvalue weighted by Crippen LogP contribution is -2.20. The zero-order valence-electron chi connectivity index (χ0n) is 8.89. The van der Waals surface area contributed by atoms with Crippen molar-refractivity contribution in [2.45, 2.75) is 12.2 Å². The first-order valence-corrected chi connectivity index (χ1v) is 5.29. The Kier molecular flexibility index (Phi) is 4.39. The maximum Gasteiger partial charge on any atom is 0.106 e. The van der Waals surface area contributed by atoms with Gasteiger partial charge in [-0.25, -0.2) is 0 Å². The Morgan fingerprint density at radius 3 is 2.53 bits per heavy atom. The number of aliphatic hydroxyl groups excluding tert-OH is 2. The summed E-state index contributed by atoms with van der Waals surface area (Å²) in [4.78, 5) is 1.93. The van der Waals surface area contributed by atoms with Gasteiger partial charge in [0.2, 0.25) is 0 Å². The molecule has 1 aromatic rings. The van der Waals surface area contributed by atoms with E-state index in [0.29, 0.717) is 5.56 Å². The summed E-state index contributed by atoms with van der Waals surface area (Å²) in [6, 6.07) is 7.38. The zero-order valence-corrected chi connectivity index (χ0v) is 9.65. The van der Waals surface area contributed by atoms with Crippen molar-refractivity contribution in [1.82, 2.24) is 0 Å². The summed E-state index contributed by atoms with van der Waals surface area (Å²) in [5.41, 5.74) is 1.66. The highest BCUT2D eigenvalue weighted by Gasteiger charge is 2.17. The number of halogens is 1. The van der Waals surface area contributed by atoms with E-state index in [2.05, 4.69) is 0 Å². The summed E-state index contributed by atoms with van der Waals surface area (Å²) in [5.74, 6) is 0.0212. The number of anilines is 1. The number of hydrogen-bond acceptors (Lipinski definition) is 3. The van der Waals surface area contributed by atoms with Gasteiger partial charge in [0.05, 0.1) is 12.0 Å². The average Bonchev–Trinajstić information content (AvgIpc) is 2.27. The standard InChI is InChI=1S/C11H16ClNO2/c1-13(2)9-5-3-4-8(6-9)11(15)10(14)7-12/h3-6,10-11,14-15H,7H2,1-2H3. The molecule has 0 fully saturated rings. The van der Waals surface area contributed by atoms with E-state index in [1.807, 2.05) is 37.2 Å². The molecule has 0 saturated heterocycles. The lowest BCUT2D eigenvalue weighted by Gasteiger charge is -2.18. The molecule has 3 nitrogen and oxygen atoms in total. The molecule has 15 heavy (non-hydrogen) atoms. The number of benzene rings is 1. The van der Waals surface area contributed by atoms with Crippen LogP contribution in [0.2, 0.25) is 0 Å². The second kappa shape index (κ2) is 5.35. The van der Waals surface area contributed by atoms with Crippen LogP contribution in [0, 0.1) is 0 Å². The van der Waals surface area contributed by atoms with Gasteiger partial charge in [0.1, 0.15) is 6.10 Å². The first-order valence-electron chi connectivity index (χ1n) is 4.75. The fourth-order valence-corrected chi connectivity index (χ4v) is 1.46. The largest absolute Gasteiger partial charge is 0.389 e. The normalized spacial score (nSPS) is 14.7. The van der Waals surface area contributed by atoms with Gasteiger partial charge in [0, 0.05) is 19.8 Å². The Hall–Kier alpha value is -0.770. The van der Waals surface area contributed by atoms with Crippen LogP contribution in [-0.2, 0) is 0 Å². The van der Waals surface area contributed by atoms with Crippen LogP contribution in [0.4, 0.5) is 5.69 Å². The molecule has 1 aromatic carbocycles. The fraction of sp³-hybridized carbons (Fsp3) is 0.455. The maximum absolute atomic E-state index is 9.74. The molecule has 0 heterocycles. The molecule has 0 aliphatic rings. The third kappa shape index (κ3) is 3.09. The fourth-order valence-electron chi connectivity index (χ4n) is 1.29. The van der Waals surface area contributed by atoms with Crippen LogP contribution in [-0.4, -0.2) is 36.3 Å². The van der Waals surface area contributed by atoms with Gasteiger partial charge in [-0.05, 0) is 17.7 Å². The topological polar surface area (TPSA) is 43.7 Å². The molecule has 1 rings (SSSR count). The molecule has 4 heteroatoms. The van der Waals surface area contributed by atoms with Crippen molar-refractivity contribution in [3.05, 3.63) is 29.8 Å². The summed E-state index contributed by atoms with van der Waals surface area (Å²) in [5, 5.41) is 19.2. The quantitative estimate of drug-likeness (QED) is 0.767. The van der Waals surface area contributed by atoms with E-state index in [4.69, 9.17) is 11.6 Å². The monoisotopic (exact) mass is 229 g/mol. The first kappa shape index (κ1) is 12.3. The summed E-state index contributed by atoms with van der Waals surface area (Å²) >= 11 is 5.48. The van der Waals surface area contributed by atoms with Crippen molar-refractivity contribution in [3.63, 3.8) is 0 Å². The lowest BCUT2D eigenvalue weighted by atomic mass is 10.0. The number of aliphatic hydroxyl groups is 2. The van der Waals surface area contributed by atoms with Gasteiger partial charge in [0.25, 0.3) is 0 Å². The molecular weight excluding hydrogens is 214 g/mol. The van der Waals surface area contributed by atoms with Crippen LogP contribution in [0.25, 0.3) is 0 Å². The Labute approximate surface area is 94.9 Å². The van der Waals surface area contributed by atoms with E-state index < -0.39 is 12.2 Å². The molecule has 0 aromatic heterocycles. The lowest BCUT2D eigenvalue weighted by molar-refractivity contribution is 0.0327. The van der Waals surface area contributed by atoms with Crippen LogP contribution in [0.5, 0.6) is 0 Å². The van der Waals surface area contributed by atoms with Crippen molar-refractivity contribution in [1.29, 1.82) is 0 Å². The highest BCUT2D eigenvalue weighted by Crippen LogP contribution is 2.22.